The second-order valence-corrected chi connectivity index (χ2v) is 4.55. The number of hydrogen-bond acceptors (Lipinski definition) is 2. The molecule has 0 saturated carbocycles. The zero-order chi connectivity index (χ0) is 8.97. The van der Waals surface area contributed by atoms with E-state index in [1.54, 1.807) is 11.3 Å². The van der Waals surface area contributed by atoms with E-state index in [1.165, 1.54) is 11.3 Å². The highest BCUT2D eigenvalue weighted by Gasteiger charge is 2.00. The van der Waals surface area contributed by atoms with E-state index >= 15 is 0 Å². The van der Waals surface area contributed by atoms with Crippen molar-refractivity contribution in [3.05, 3.63) is 21.9 Å². The molecule has 0 fully saturated rings. The Labute approximate surface area is 77.4 Å². The summed E-state index contributed by atoms with van der Waals surface area (Å²) in [6.07, 6.45) is 3.23. The van der Waals surface area contributed by atoms with Crippen LogP contribution in [0.15, 0.2) is 12.1 Å². The molecule has 0 radical (unpaired) electrons. The highest BCUT2D eigenvalue weighted by Crippen LogP contribution is 2.17. The standard InChI is InChI=1S/C10H14OS/c1-8(2)3-4-9-5-6-10(7-11)12-9/h5-8H,3-4H2,1-2H3. The van der Waals surface area contributed by atoms with Gasteiger partial charge in [-0.2, -0.15) is 0 Å². The van der Waals surface area contributed by atoms with Gasteiger partial charge in [-0.05, 0) is 30.9 Å². The van der Waals surface area contributed by atoms with Gasteiger partial charge in [-0.1, -0.05) is 13.8 Å². The Morgan fingerprint density at radius 1 is 1.50 bits per heavy atom. The van der Waals surface area contributed by atoms with Crippen LogP contribution in [0.1, 0.15) is 34.8 Å². The van der Waals surface area contributed by atoms with Crippen LogP contribution < -0.4 is 0 Å². The second-order valence-electron chi connectivity index (χ2n) is 3.35. The minimum absolute atomic E-state index is 0.742. The van der Waals surface area contributed by atoms with E-state index < -0.39 is 0 Å². The van der Waals surface area contributed by atoms with Gasteiger partial charge in [0.2, 0.25) is 0 Å². The van der Waals surface area contributed by atoms with Gasteiger partial charge in [0.05, 0.1) is 4.88 Å². The lowest BCUT2D eigenvalue weighted by Crippen LogP contribution is -1.88. The Hall–Kier alpha value is -0.630. The van der Waals surface area contributed by atoms with Crippen LogP contribution in [0.5, 0.6) is 0 Å². The maximum absolute atomic E-state index is 10.4. The molecular weight excluding hydrogens is 168 g/mol. The first-order valence-corrected chi connectivity index (χ1v) is 5.08. The molecule has 1 nitrogen and oxygen atoms in total. The first-order valence-electron chi connectivity index (χ1n) is 4.26. The number of carbonyl (C=O) groups is 1. The number of thiophene rings is 1. The Kier molecular flexibility index (Phi) is 3.48. The van der Waals surface area contributed by atoms with E-state index in [-0.39, 0.29) is 0 Å². The fourth-order valence-corrected chi connectivity index (χ4v) is 1.87. The average Bonchev–Trinajstić information content (AvgIpc) is 2.48. The molecule has 0 atom stereocenters. The van der Waals surface area contributed by atoms with Gasteiger partial charge in [-0.25, -0.2) is 0 Å². The zero-order valence-electron chi connectivity index (χ0n) is 7.54. The van der Waals surface area contributed by atoms with E-state index in [4.69, 9.17) is 0 Å². The third-order valence-corrected chi connectivity index (χ3v) is 2.84. The summed E-state index contributed by atoms with van der Waals surface area (Å²) in [5, 5.41) is 0. The van der Waals surface area contributed by atoms with E-state index in [2.05, 4.69) is 19.9 Å². The lowest BCUT2D eigenvalue weighted by atomic mass is 10.1. The first-order chi connectivity index (χ1) is 5.72. The monoisotopic (exact) mass is 182 g/mol. The number of hydrogen-bond donors (Lipinski definition) is 0. The number of rotatable bonds is 4. The summed E-state index contributed by atoms with van der Waals surface area (Å²) in [7, 11) is 0. The molecule has 0 saturated heterocycles. The lowest BCUT2D eigenvalue weighted by molar-refractivity contribution is 0.112. The zero-order valence-corrected chi connectivity index (χ0v) is 8.36. The first kappa shape index (κ1) is 9.46. The molecule has 0 unspecified atom stereocenters. The lowest BCUT2D eigenvalue weighted by Gasteiger charge is -2.00. The largest absolute Gasteiger partial charge is 0.297 e. The van der Waals surface area contributed by atoms with Crippen LogP contribution in [0.2, 0.25) is 0 Å². The third-order valence-electron chi connectivity index (χ3n) is 1.77. The smallest absolute Gasteiger partial charge is 0.160 e. The van der Waals surface area contributed by atoms with Crippen molar-refractivity contribution in [1.82, 2.24) is 0 Å². The van der Waals surface area contributed by atoms with Crippen molar-refractivity contribution in [3.8, 4) is 0 Å². The molecule has 0 amide bonds. The molecule has 0 aliphatic rings. The fourth-order valence-electron chi connectivity index (χ4n) is 1.02. The van der Waals surface area contributed by atoms with Gasteiger partial charge in [0.1, 0.15) is 0 Å². The molecule has 0 aliphatic carbocycles. The minimum atomic E-state index is 0.742. The summed E-state index contributed by atoms with van der Waals surface area (Å²) < 4.78 is 0. The van der Waals surface area contributed by atoms with Gasteiger partial charge >= 0.3 is 0 Å². The van der Waals surface area contributed by atoms with Gasteiger partial charge in [0.25, 0.3) is 0 Å². The van der Waals surface area contributed by atoms with Crippen LogP contribution >= 0.6 is 11.3 Å². The van der Waals surface area contributed by atoms with Crippen LogP contribution in [0.3, 0.4) is 0 Å². The Morgan fingerprint density at radius 2 is 2.25 bits per heavy atom. The van der Waals surface area contributed by atoms with Crippen molar-refractivity contribution < 1.29 is 4.79 Å². The van der Waals surface area contributed by atoms with Crippen molar-refractivity contribution in [1.29, 1.82) is 0 Å². The van der Waals surface area contributed by atoms with Crippen molar-refractivity contribution in [3.63, 3.8) is 0 Å². The Morgan fingerprint density at radius 3 is 2.75 bits per heavy atom. The minimum Gasteiger partial charge on any atom is -0.297 e. The molecule has 66 valence electrons. The van der Waals surface area contributed by atoms with Gasteiger partial charge in [-0.3, -0.25) is 4.79 Å². The van der Waals surface area contributed by atoms with Crippen LogP contribution in [0, 0.1) is 5.92 Å². The van der Waals surface area contributed by atoms with Gasteiger partial charge < -0.3 is 0 Å². The van der Waals surface area contributed by atoms with Gasteiger partial charge in [0.15, 0.2) is 6.29 Å². The quantitative estimate of drug-likeness (QED) is 0.654. The van der Waals surface area contributed by atoms with E-state index in [9.17, 15) is 4.79 Å². The highest BCUT2D eigenvalue weighted by molar-refractivity contribution is 7.13. The van der Waals surface area contributed by atoms with Crippen LogP contribution in [-0.2, 0) is 6.42 Å². The van der Waals surface area contributed by atoms with Crippen molar-refractivity contribution in [2.75, 3.05) is 0 Å². The summed E-state index contributed by atoms with van der Waals surface area (Å²) in [5.41, 5.74) is 0. The van der Waals surface area contributed by atoms with Crippen molar-refractivity contribution >= 4 is 17.6 Å². The van der Waals surface area contributed by atoms with Crippen LogP contribution in [-0.4, -0.2) is 6.29 Å². The average molecular weight is 182 g/mol. The summed E-state index contributed by atoms with van der Waals surface area (Å²) >= 11 is 1.61. The number of aryl methyl sites for hydroxylation is 1. The van der Waals surface area contributed by atoms with Crippen molar-refractivity contribution in [2.24, 2.45) is 5.92 Å². The topological polar surface area (TPSA) is 17.1 Å². The summed E-state index contributed by atoms with van der Waals surface area (Å²) in [5.74, 6) is 0.742. The molecule has 1 aromatic heterocycles. The third kappa shape index (κ3) is 2.78. The predicted octanol–water partition coefficient (Wildman–Crippen LogP) is 3.15. The maximum atomic E-state index is 10.4. The number of carbonyl (C=O) groups excluding carboxylic acids is 1. The summed E-state index contributed by atoms with van der Waals surface area (Å²) in [4.78, 5) is 12.5. The Balaban J connectivity index is 2.47. The van der Waals surface area contributed by atoms with Gasteiger partial charge in [-0.15, -0.1) is 11.3 Å². The molecule has 0 spiro atoms. The fraction of sp³-hybridized carbons (Fsp3) is 0.500. The van der Waals surface area contributed by atoms with E-state index in [0.717, 1.165) is 23.5 Å². The maximum Gasteiger partial charge on any atom is 0.160 e. The molecule has 2 heteroatoms. The molecule has 1 heterocycles. The molecule has 0 aliphatic heterocycles. The number of aldehydes is 1. The highest BCUT2D eigenvalue weighted by atomic mass is 32.1. The SMILES string of the molecule is CC(C)CCc1ccc(C=O)s1. The van der Waals surface area contributed by atoms with Crippen molar-refractivity contribution in [2.45, 2.75) is 26.7 Å². The molecule has 0 N–H and O–H groups in total. The summed E-state index contributed by atoms with van der Waals surface area (Å²) in [6, 6.07) is 3.95. The molecule has 1 aromatic rings. The molecule has 0 bridgehead atoms. The van der Waals surface area contributed by atoms with E-state index in [0.29, 0.717) is 0 Å². The molecule has 12 heavy (non-hydrogen) atoms. The molecular formula is C10H14OS. The van der Waals surface area contributed by atoms with Crippen LogP contribution in [0.4, 0.5) is 0 Å². The van der Waals surface area contributed by atoms with Gasteiger partial charge in [0, 0.05) is 4.88 Å². The van der Waals surface area contributed by atoms with E-state index in [1.807, 2.05) is 6.07 Å². The molecule has 0 aromatic carbocycles. The van der Waals surface area contributed by atoms with Crippen LogP contribution in [0.25, 0.3) is 0 Å². The second kappa shape index (κ2) is 4.41. The normalized spacial score (nSPS) is 10.6. The molecule has 1 rings (SSSR count). The Bertz CT molecular complexity index is 250. The predicted molar refractivity (Wildman–Crippen MR) is 52.9 cm³/mol. The summed E-state index contributed by atoms with van der Waals surface area (Å²) in [6.45, 7) is 4.43.